The Balaban J connectivity index is 2.25. The van der Waals surface area contributed by atoms with E-state index in [2.05, 4.69) is 0 Å². The molecule has 1 heterocycles. The van der Waals surface area contributed by atoms with E-state index in [0.29, 0.717) is 5.56 Å². The van der Waals surface area contributed by atoms with E-state index >= 15 is 0 Å². The van der Waals surface area contributed by atoms with E-state index in [1.165, 1.54) is 0 Å². The summed E-state index contributed by atoms with van der Waals surface area (Å²) in [6.45, 7) is 0.318. The monoisotopic (exact) mass is 328 g/mol. The molecule has 8 nitrogen and oxygen atoms in total. The van der Waals surface area contributed by atoms with Crippen LogP contribution in [0.15, 0.2) is 24.3 Å². The lowest BCUT2D eigenvalue weighted by Crippen LogP contribution is -2.61. The first-order valence-corrected chi connectivity index (χ1v) is 7.13. The van der Waals surface area contributed by atoms with Gasteiger partial charge in [-0.2, -0.15) is 0 Å². The van der Waals surface area contributed by atoms with Crippen LogP contribution in [0.5, 0.6) is 5.75 Å². The Labute approximate surface area is 132 Å². The molecule has 1 aliphatic heterocycles. The second-order valence-electron chi connectivity index (χ2n) is 5.16. The quantitative estimate of drug-likeness (QED) is 0.503. The molecule has 8 heteroatoms. The van der Waals surface area contributed by atoms with Gasteiger partial charge in [0, 0.05) is 12.5 Å². The first-order chi connectivity index (χ1) is 11.0. The predicted octanol–water partition coefficient (Wildman–Crippen LogP) is -1.07. The van der Waals surface area contributed by atoms with Crippen LogP contribution in [0.4, 0.5) is 0 Å². The molecule has 0 spiro atoms. The third-order valence-electron chi connectivity index (χ3n) is 3.51. The number of esters is 1. The smallest absolute Gasteiger partial charge is 0.303 e. The molecular formula is C15H20O8. The van der Waals surface area contributed by atoms with E-state index in [4.69, 9.17) is 14.2 Å². The van der Waals surface area contributed by atoms with Crippen molar-refractivity contribution in [3.8, 4) is 5.75 Å². The van der Waals surface area contributed by atoms with Gasteiger partial charge in [-0.1, -0.05) is 18.2 Å². The summed E-state index contributed by atoms with van der Waals surface area (Å²) in [5.41, 5.74) is 0.471. The van der Waals surface area contributed by atoms with Gasteiger partial charge in [-0.3, -0.25) is 4.79 Å². The van der Waals surface area contributed by atoms with Crippen LogP contribution in [-0.4, -0.2) is 63.7 Å². The predicted molar refractivity (Wildman–Crippen MR) is 76.3 cm³/mol. The van der Waals surface area contributed by atoms with Gasteiger partial charge in [0.25, 0.3) is 0 Å². The summed E-state index contributed by atoms with van der Waals surface area (Å²) >= 11 is 0. The number of hydrogen-bond acceptors (Lipinski definition) is 8. The number of benzene rings is 1. The summed E-state index contributed by atoms with van der Waals surface area (Å²) in [5, 5.41) is 38.5. The molecule has 128 valence electrons. The fourth-order valence-electron chi connectivity index (χ4n) is 2.34. The highest BCUT2D eigenvalue weighted by molar-refractivity contribution is 5.66. The average Bonchev–Trinajstić information content (AvgIpc) is 2.54. The molecule has 4 N–H and O–H groups in total. The largest absolute Gasteiger partial charge is 0.460 e. The summed E-state index contributed by atoms with van der Waals surface area (Å²) in [4.78, 5) is 11.2. The van der Waals surface area contributed by atoms with Crippen molar-refractivity contribution in [3.05, 3.63) is 29.8 Å². The number of aliphatic hydroxyl groups is 4. The van der Waals surface area contributed by atoms with Crippen molar-refractivity contribution < 1.29 is 39.4 Å². The van der Waals surface area contributed by atoms with Crippen molar-refractivity contribution >= 4 is 5.97 Å². The van der Waals surface area contributed by atoms with Crippen LogP contribution in [0.3, 0.4) is 0 Å². The van der Waals surface area contributed by atoms with Gasteiger partial charge < -0.3 is 34.6 Å². The summed E-state index contributed by atoms with van der Waals surface area (Å²) < 4.78 is 16.0. The summed E-state index contributed by atoms with van der Waals surface area (Å²) in [5.74, 6) is -0.409. The molecule has 1 aromatic rings. The van der Waals surface area contributed by atoms with E-state index in [1.807, 2.05) is 0 Å². The number of para-hydroxylation sites is 1. The summed E-state index contributed by atoms with van der Waals surface area (Å²) in [6, 6.07) is 6.59. The Morgan fingerprint density at radius 3 is 2.52 bits per heavy atom. The minimum absolute atomic E-state index is 0.275. The van der Waals surface area contributed by atoms with E-state index in [-0.39, 0.29) is 12.4 Å². The number of ether oxygens (including phenoxy) is 3. The maximum atomic E-state index is 11.2. The molecule has 1 aromatic carbocycles. The maximum Gasteiger partial charge on any atom is 0.303 e. The average molecular weight is 328 g/mol. The molecule has 1 aliphatic rings. The van der Waals surface area contributed by atoms with Crippen molar-refractivity contribution in [2.45, 2.75) is 44.2 Å². The maximum absolute atomic E-state index is 11.2. The highest BCUT2D eigenvalue weighted by atomic mass is 16.7. The van der Waals surface area contributed by atoms with Crippen molar-refractivity contribution in [2.75, 3.05) is 6.61 Å². The SMILES string of the molecule is CC(=O)O[C@H]1[C@H](Oc2ccccc2CO)O[C@H](CO)[C@@H](O)[C@@H]1O. The highest BCUT2D eigenvalue weighted by Crippen LogP contribution is 2.28. The van der Waals surface area contributed by atoms with Gasteiger partial charge in [-0.25, -0.2) is 0 Å². The minimum atomic E-state index is -1.49. The van der Waals surface area contributed by atoms with Crippen LogP contribution in [-0.2, 0) is 20.9 Å². The van der Waals surface area contributed by atoms with Crippen molar-refractivity contribution in [3.63, 3.8) is 0 Å². The third-order valence-corrected chi connectivity index (χ3v) is 3.51. The molecule has 5 atom stereocenters. The second kappa shape index (κ2) is 7.71. The first-order valence-electron chi connectivity index (χ1n) is 7.13. The standard InChI is InChI=1S/C15H20O8/c1-8(18)21-14-13(20)12(19)11(7-17)23-15(14)22-10-5-3-2-4-9(10)6-16/h2-5,11-17,19-20H,6-7H2,1H3/t11-,12-,13+,14-,15-/m1/s1. The van der Waals surface area contributed by atoms with Gasteiger partial charge >= 0.3 is 5.97 Å². The van der Waals surface area contributed by atoms with Gasteiger partial charge in [0.1, 0.15) is 24.1 Å². The normalized spacial score (nSPS) is 30.7. The van der Waals surface area contributed by atoms with Crippen LogP contribution in [0.25, 0.3) is 0 Å². The summed E-state index contributed by atoms with van der Waals surface area (Å²) in [6.07, 6.45) is -6.55. The fraction of sp³-hybridized carbons (Fsp3) is 0.533. The van der Waals surface area contributed by atoms with Crippen molar-refractivity contribution in [1.82, 2.24) is 0 Å². The molecule has 0 aromatic heterocycles. The Morgan fingerprint density at radius 1 is 1.22 bits per heavy atom. The van der Waals surface area contributed by atoms with Gasteiger partial charge in [-0.15, -0.1) is 0 Å². The number of hydrogen-bond donors (Lipinski definition) is 4. The zero-order valence-electron chi connectivity index (χ0n) is 12.5. The third kappa shape index (κ3) is 3.98. The zero-order chi connectivity index (χ0) is 17.0. The number of carbonyl (C=O) groups is 1. The molecule has 0 aliphatic carbocycles. The zero-order valence-corrected chi connectivity index (χ0v) is 12.5. The van der Waals surface area contributed by atoms with Crippen LogP contribution in [0.2, 0.25) is 0 Å². The molecule has 0 radical (unpaired) electrons. The number of rotatable bonds is 5. The van der Waals surface area contributed by atoms with Crippen LogP contribution < -0.4 is 4.74 Å². The van der Waals surface area contributed by atoms with Gasteiger partial charge in [0.05, 0.1) is 13.2 Å². The van der Waals surface area contributed by atoms with Gasteiger partial charge in [0.2, 0.25) is 6.29 Å². The van der Waals surface area contributed by atoms with E-state index in [9.17, 15) is 25.2 Å². The first kappa shape index (κ1) is 17.6. The van der Waals surface area contributed by atoms with E-state index in [0.717, 1.165) is 6.92 Å². The molecule has 2 rings (SSSR count). The Kier molecular flexibility index (Phi) is 5.91. The van der Waals surface area contributed by atoms with Gasteiger partial charge in [-0.05, 0) is 6.07 Å². The fourth-order valence-corrected chi connectivity index (χ4v) is 2.34. The van der Waals surface area contributed by atoms with Crippen LogP contribution >= 0.6 is 0 Å². The number of aliphatic hydroxyl groups excluding tert-OH is 4. The minimum Gasteiger partial charge on any atom is -0.460 e. The molecule has 23 heavy (non-hydrogen) atoms. The molecule has 0 unspecified atom stereocenters. The van der Waals surface area contributed by atoms with Crippen LogP contribution in [0.1, 0.15) is 12.5 Å². The molecule has 1 fully saturated rings. The number of carbonyl (C=O) groups excluding carboxylic acids is 1. The van der Waals surface area contributed by atoms with E-state index < -0.39 is 43.3 Å². The van der Waals surface area contributed by atoms with E-state index in [1.54, 1.807) is 24.3 Å². The summed E-state index contributed by atoms with van der Waals surface area (Å²) in [7, 11) is 0. The molecule has 0 amide bonds. The van der Waals surface area contributed by atoms with Gasteiger partial charge in [0.15, 0.2) is 6.10 Å². The Bertz CT molecular complexity index is 534. The second-order valence-corrected chi connectivity index (χ2v) is 5.16. The molecule has 0 bridgehead atoms. The topological polar surface area (TPSA) is 126 Å². The lowest BCUT2D eigenvalue weighted by atomic mass is 9.99. The van der Waals surface area contributed by atoms with Crippen molar-refractivity contribution in [1.29, 1.82) is 0 Å². The Hall–Kier alpha value is -1.71. The highest BCUT2D eigenvalue weighted by Gasteiger charge is 2.47. The lowest BCUT2D eigenvalue weighted by Gasteiger charge is -2.41. The molecule has 1 saturated heterocycles. The van der Waals surface area contributed by atoms with Crippen LogP contribution in [0, 0.1) is 0 Å². The molecule has 0 saturated carbocycles. The lowest BCUT2D eigenvalue weighted by molar-refractivity contribution is -0.282. The Morgan fingerprint density at radius 2 is 1.91 bits per heavy atom. The molecular weight excluding hydrogens is 308 g/mol. The van der Waals surface area contributed by atoms with Crippen molar-refractivity contribution in [2.24, 2.45) is 0 Å².